The van der Waals surface area contributed by atoms with Crippen molar-refractivity contribution in [3.63, 3.8) is 0 Å². The highest BCUT2D eigenvalue weighted by Crippen LogP contribution is 2.37. The lowest BCUT2D eigenvalue weighted by molar-refractivity contribution is 0.641. The summed E-state index contributed by atoms with van der Waals surface area (Å²) in [4.78, 5) is 0. The lowest BCUT2D eigenvalue weighted by Crippen LogP contribution is -2.09. The summed E-state index contributed by atoms with van der Waals surface area (Å²) in [6.07, 6.45) is 7.07. The summed E-state index contributed by atoms with van der Waals surface area (Å²) in [6, 6.07) is 17.5. The Morgan fingerprint density at radius 3 is 2.55 bits per heavy atom. The first-order valence-electron chi connectivity index (χ1n) is 7.41. The molecule has 20 heavy (non-hydrogen) atoms. The molecule has 1 heteroatoms. The van der Waals surface area contributed by atoms with Crippen molar-refractivity contribution in [1.82, 2.24) is 5.32 Å². The van der Waals surface area contributed by atoms with E-state index in [-0.39, 0.29) is 0 Å². The van der Waals surface area contributed by atoms with E-state index in [9.17, 15) is 0 Å². The second-order valence-corrected chi connectivity index (χ2v) is 5.39. The molecule has 0 amide bonds. The van der Waals surface area contributed by atoms with Gasteiger partial charge in [0.05, 0.1) is 0 Å². The second kappa shape index (κ2) is 6.06. The molecule has 1 aliphatic carbocycles. The standard InChI is InChI=1S/C19H21N/c1-20-14-6-8-16-13-12-15-7-2-3-9-17(15)19-11-5-4-10-18(16)19/h2-5,7,9-13,16,20H,6,8,14H2,1H3. The van der Waals surface area contributed by atoms with Gasteiger partial charge in [-0.25, -0.2) is 0 Å². The number of nitrogens with one attached hydrogen (secondary N) is 1. The molecule has 0 aromatic heterocycles. The average Bonchev–Trinajstić information content (AvgIpc) is 2.66. The van der Waals surface area contributed by atoms with Gasteiger partial charge in [-0.2, -0.15) is 0 Å². The van der Waals surface area contributed by atoms with Crippen LogP contribution in [0.5, 0.6) is 0 Å². The summed E-state index contributed by atoms with van der Waals surface area (Å²) in [5, 5.41) is 3.24. The van der Waals surface area contributed by atoms with Gasteiger partial charge in [-0.15, -0.1) is 0 Å². The lowest BCUT2D eigenvalue weighted by atomic mass is 9.89. The molecular weight excluding hydrogens is 242 g/mol. The van der Waals surface area contributed by atoms with Gasteiger partial charge in [0.25, 0.3) is 0 Å². The molecule has 1 aliphatic rings. The van der Waals surface area contributed by atoms with Gasteiger partial charge in [0.15, 0.2) is 0 Å². The number of fused-ring (bicyclic) bond motifs is 3. The number of hydrogen-bond donors (Lipinski definition) is 1. The summed E-state index contributed by atoms with van der Waals surface area (Å²) in [7, 11) is 2.02. The van der Waals surface area contributed by atoms with Gasteiger partial charge >= 0.3 is 0 Å². The Bertz CT molecular complexity index is 613. The molecule has 1 N–H and O–H groups in total. The van der Waals surface area contributed by atoms with Crippen molar-refractivity contribution in [2.45, 2.75) is 18.8 Å². The van der Waals surface area contributed by atoms with Crippen molar-refractivity contribution < 1.29 is 0 Å². The third-order valence-electron chi connectivity index (χ3n) is 4.06. The van der Waals surface area contributed by atoms with Crippen LogP contribution in [-0.2, 0) is 0 Å². The zero-order chi connectivity index (χ0) is 13.8. The number of rotatable bonds is 4. The van der Waals surface area contributed by atoms with E-state index in [4.69, 9.17) is 0 Å². The van der Waals surface area contributed by atoms with Crippen LogP contribution in [0.2, 0.25) is 0 Å². The maximum absolute atomic E-state index is 3.24. The minimum Gasteiger partial charge on any atom is -0.320 e. The molecule has 0 saturated carbocycles. The minimum absolute atomic E-state index is 0.520. The van der Waals surface area contributed by atoms with Crippen molar-refractivity contribution in [2.75, 3.05) is 13.6 Å². The molecule has 3 rings (SSSR count). The van der Waals surface area contributed by atoms with Crippen molar-refractivity contribution in [1.29, 1.82) is 0 Å². The van der Waals surface area contributed by atoms with E-state index in [0.29, 0.717) is 5.92 Å². The summed E-state index contributed by atoms with van der Waals surface area (Å²) >= 11 is 0. The predicted octanol–water partition coefficient (Wildman–Crippen LogP) is 4.46. The molecule has 102 valence electrons. The zero-order valence-corrected chi connectivity index (χ0v) is 12.0. The maximum atomic E-state index is 3.24. The Balaban J connectivity index is 2.01. The molecule has 2 aromatic carbocycles. The number of allylic oxidation sites excluding steroid dienone is 1. The normalized spacial score (nSPS) is 16.4. The average molecular weight is 263 g/mol. The lowest BCUT2D eigenvalue weighted by Gasteiger charge is -2.16. The van der Waals surface area contributed by atoms with Crippen LogP contribution in [0.15, 0.2) is 54.6 Å². The molecule has 0 heterocycles. The van der Waals surface area contributed by atoms with E-state index in [1.54, 1.807) is 0 Å². The maximum Gasteiger partial charge on any atom is 0.00279 e. The van der Waals surface area contributed by atoms with Gasteiger partial charge in [-0.3, -0.25) is 0 Å². The molecule has 1 unspecified atom stereocenters. The fraction of sp³-hybridized carbons (Fsp3) is 0.263. The van der Waals surface area contributed by atoms with Gasteiger partial charge in [-0.05, 0) is 48.7 Å². The Hall–Kier alpha value is -1.86. The Morgan fingerprint density at radius 1 is 0.950 bits per heavy atom. The fourth-order valence-electron chi connectivity index (χ4n) is 3.03. The molecule has 0 saturated heterocycles. The first-order chi connectivity index (χ1) is 9.90. The van der Waals surface area contributed by atoms with Crippen molar-refractivity contribution in [3.8, 4) is 11.1 Å². The van der Waals surface area contributed by atoms with Crippen LogP contribution in [0.25, 0.3) is 17.2 Å². The smallest absolute Gasteiger partial charge is 0.00279 e. The summed E-state index contributed by atoms with van der Waals surface area (Å²) in [5.74, 6) is 0.520. The third-order valence-corrected chi connectivity index (χ3v) is 4.06. The Labute approximate surface area is 121 Å². The summed E-state index contributed by atoms with van der Waals surface area (Å²) < 4.78 is 0. The highest BCUT2D eigenvalue weighted by atomic mass is 14.8. The van der Waals surface area contributed by atoms with Crippen LogP contribution < -0.4 is 5.32 Å². The molecule has 2 aromatic rings. The van der Waals surface area contributed by atoms with Crippen LogP contribution in [0.1, 0.15) is 29.9 Å². The van der Waals surface area contributed by atoms with Gasteiger partial charge < -0.3 is 5.32 Å². The van der Waals surface area contributed by atoms with Gasteiger partial charge in [-0.1, -0.05) is 60.7 Å². The molecule has 1 nitrogen and oxygen atoms in total. The minimum atomic E-state index is 0.520. The van der Waals surface area contributed by atoms with Crippen LogP contribution in [0.3, 0.4) is 0 Å². The third kappa shape index (κ3) is 2.54. The second-order valence-electron chi connectivity index (χ2n) is 5.39. The zero-order valence-electron chi connectivity index (χ0n) is 12.0. The van der Waals surface area contributed by atoms with Crippen LogP contribution in [-0.4, -0.2) is 13.6 Å². The van der Waals surface area contributed by atoms with Crippen LogP contribution in [0.4, 0.5) is 0 Å². The highest BCUT2D eigenvalue weighted by molar-refractivity contribution is 5.80. The predicted molar refractivity (Wildman–Crippen MR) is 86.8 cm³/mol. The summed E-state index contributed by atoms with van der Waals surface area (Å²) in [5.41, 5.74) is 5.54. The van der Waals surface area contributed by atoms with E-state index in [2.05, 4.69) is 66.0 Å². The number of benzene rings is 2. The molecule has 0 radical (unpaired) electrons. The van der Waals surface area contributed by atoms with Gasteiger partial charge in [0.2, 0.25) is 0 Å². The van der Waals surface area contributed by atoms with Gasteiger partial charge in [0, 0.05) is 5.92 Å². The molecular formula is C19H21N. The van der Waals surface area contributed by atoms with E-state index in [1.165, 1.54) is 35.1 Å². The van der Waals surface area contributed by atoms with Crippen molar-refractivity contribution in [2.24, 2.45) is 0 Å². The Morgan fingerprint density at radius 2 is 1.70 bits per heavy atom. The quantitative estimate of drug-likeness (QED) is 0.803. The molecule has 0 bridgehead atoms. The first kappa shape index (κ1) is 13.1. The van der Waals surface area contributed by atoms with Gasteiger partial charge in [0.1, 0.15) is 0 Å². The summed E-state index contributed by atoms with van der Waals surface area (Å²) in [6.45, 7) is 1.08. The SMILES string of the molecule is CNCCCC1C=Cc2ccccc2-c2ccccc21. The highest BCUT2D eigenvalue weighted by Gasteiger charge is 2.17. The molecule has 0 fully saturated rings. The van der Waals surface area contributed by atoms with E-state index in [1.807, 2.05) is 7.05 Å². The molecule has 0 spiro atoms. The first-order valence-corrected chi connectivity index (χ1v) is 7.41. The monoisotopic (exact) mass is 263 g/mol. The Kier molecular flexibility index (Phi) is 3.98. The van der Waals surface area contributed by atoms with Crippen molar-refractivity contribution in [3.05, 3.63) is 65.7 Å². The number of hydrogen-bond acceptors (Lipinski definition) is 1. The largest absolute Gasteiger partial charge is 0.320 e. The molecule has 1 atom stereocenters. The van der Waals surface area contributed by atoms with Crippen molar-refractivity contribution >= 4 is 6.08 Å². The van der Waals surface area contributed by atoms with E-state index < -0.39 is 0 Å². The van der Waals surface area contributed by atoms with E-state index in [0.717, 1.165) is 6.54 Å². The molecule has 0 aliphatic heterocycles. The van der Waals surface area contributed by atoms with Crippen LogP contribution in [0, 0.1) is 0 Å². The van der Waals surface area contributed by atoms with E-state index >= 15 is 0 Å². The fourth-order valence-corrected chi connectivity index (χ4v) is 3.03. The topological polar surface area (TPSA) is 12.0 Å². The van der Waals surface area contributed by atoms with Crippen LogP contribution >= 0.6 is 0 Å².